The molecule has 0 heterocycles. The number of carbonyl (C=O) groups is 1. The van der Waals surface area contributed by atoms with E-state index in [1.165, 1.54) is 31.5 Å². The number of benzene rings is 3. The molecule has 0 aliphatic carbocycles. The van der Waals surface area contributed by atoms with E-state index in [1.54, 1.807) is 12.1 Å². The molecule has 1 amide bonds. The van der Waals surface area contributed by atoms with E-state index < -0.39 is 28.3 Å². The van der Waals surface area contributed by atoms with Gasteiger partial charge in [0.05, 0.1) is 29.7 Å². The molecule has 3 aromatic carbocycles. The minimum absolute atomic E-state index is 0.228. The van der Waals surface area contributed by atoms with Crippen molar-refractivity contribution in [3.63, 3.8) is 0 Å². The number of halogens is 2. The molecule has 3 aromatic rings. The van der Waals surface area contributed by atoms with Crippen LogP contribution >= 0.6 is 15.9 Å². The lowest BCUT2D eigenvalue weighted by Crippen LogP contribution is -2.39. The van der Waals surface area contributed by atoms with Gasteiger partial charge in [-0.25, -0.2) is 18.2 Å². The SMILES string of the molecule is COc1cc(/C=N\NC(=O)CN(c2ccccc2F)S(C)(=O)=O)cc(Br)c1OCc1ccccc1. The molecule has 1 N–H and O–H groups in total. The highest BCUT2D eigenvalue weighted by atomic mass is 79.9. The van der Waals surface area contributed by atoms with Crippen molar-refractivity contribution in [3.8, 4) is 11.5 Å². The molecule has 0 bridgehead atoms. The van der Waals surface area contributed by atoms with Crippen LogP contribution in [0.3, 0.4) is 0 Å². The van der Waals surface area contributed by atoms with E-state index >= 15 is 0 Å². The van der Waals surface area contributed by atoms with Gasteiger partial charge in [0.2, 0.25) is 10.0 Å². The predicted octanol–water partition coefficient (Wildman–Crippen LogP) is 4.09. The van der Waals surface area contributed by atoms with Crippen LogP contribution in [0.25, 0.3) is 0 Å². The van der Waals surface area contributed by atoms with E-state index in [1.807, 2.05) is 30.3 Å². The number of amides is 1. The van der Waals surface area contributed by atoms with Crippen LogP contribution in [0.5, 0.6) is 11.5 Å². The number of carbonyl (C=O) groups excluding carboxylic acids is 1. The third-order valence-corrected chi connectivity index (χ3v) is 6.40. The first-order valence-corrected chi connectivity index (χ1v) is 12.9. The fourth-order valence-corrected chi connectivity index (χ4v) is 4.50. The summed E-state index contributed by atoms with van der Waals surface area (Å²) in [5.74, 6) is -0.554. The van der Waals surface area contributed by atoms with Crippen LogP contribution in [0.2, 0.25) is 0 Å². The van der Waals surface area contributed by atoms with E-state index in [2.05, 4.69) is 26.5 Å². The van der Waals surface area contributed by atoms with Crippen LogP contribution in [0, 0.1) is 5.82 Å². The Morgan fingerprint density at radius 1 is 1.14 bits per heavy atom. The maximum atomic E-state index is 14.1. The Kier molecular flexibility index (Phi) is 8.83. The van der Waals surface area contributed by atoms with Gasteiger partial charge >= 0.3 is 0 Å². The van der Waals surface area contributed by atoms with Gasteiger partial charge in [0, 0.05) is 0 Å². The number of methoxy groups -OCH3 is 1. The van der Waals surface area contributed by atoms with Gasteiger partial charge in [0.15, 0.2) is 11.5 Å². The van der Waals surface area contributed by atoms with Gasteiger partial charge in [0.25, 0.3) is 5.91 Å². The van der Waals surface area contributed by atoms with Crippen LogP contribution in [0.1, 0.15) is 11.1 Å². The van der Waals surface area contributed by atoms with Crippen LogP contribution in [-0.2, 0) is 21.4 Å². The van der Waals surface area contributed by atoms with Crippen molar-refractivity contribution in [2.75, 3.05) is 24.2 Å². The van der Waals surface area contributed by atoms with Crippen molar-refractivity contribution in [2.45, 2.75) is 6.61 Å². The Morgan fingerprint density at radius 3 is 2.49 bits per heavy atom. The third-order valence-electron chi connectivity index (χ3n) is 4.69. The fourth-order valence-electron chi connectivity index (χ4n) is 3.06. The number of anilines is 1. The fraction of sp³-hybridized carbons (Fsp3) is 0.167. The molecule has 0 saturated heterocycles. The summed E-state index contributed by atoms with van der Waals surface area (Å²) in [5, 5.41) is 3.88. The lowest BCUT2D eigenvalue weighted by Gasteiger charge is -2.21. The normalized spacial score (nSPS) is 11.3. The molecule has 0 saturated carbocycles. The second kappa shape index (κ2) is 11.8. The third kappa shape index (κ3) is 7.27. The number of nitrogens with one attached hydrogen (secondary N) is 1. The molecule has 3 rings (SSSR count). The summed E-state index contributed by atoms with van der Waals surface area (Å²) in [6.45, 7) is -0.297. The molecule has 0 spiro atoms. The number of hydrazone groups is 1. The molecule has 8 nitrogen and oxygen atoms in total. The largest absolute Gasteiger partial charge is 0.493 e. The minimum atomic E-state index is -3.91. The Balaban J connectivity index is 1.68. The van der Waals surface area contributed by atoms with Gasteiger partial charge in [-0.3, -0.25) is 9.10 Å². The van der Waals surface area contributed by atoms with Crippen molar-refractivity contribution in [1.29, 1.82) is 0 Å². The monoisotopic (exact) mass is 563 g/mol. The van der Waals surface area contributed by atoms with Crippen LogP contribution < -0.4 is 19.2 Å². The van der Waals surface area contributed by atoms with Gasteiger partial charge in [-0.15, -0.1) is 0 Å². The first-order chi connectivity index (χ1) is 16.7. The van der Waals surface area contributed by atoms with E-state index in [4.69, 9.17) is 9.47 Å². The van der Waals surface area contributed by atoms with Gasteiger partial charge in [-0.2, -0.15) is 5.10 Å². The molecule has 0 atom stereocenters. The average Bonchev–Trinajstić information content (AvgIpc) is 2.82. The Morgan fingerprint density at radius 2 is 1.83 bits per heavy atom. The molecule has 35 heavy (non-hydrogen) atoms. The standard InChI is InChI=1S/C24H23BrFN3O5S/c1-33-22-13-18(12-19(25)24(22)34-16-17-8-4-3-5-9-17)14-27-28-23(30)15-29(35(2,31)32)21-11-7-6-10-20(21)26/h3-14H,15-16H2,1-2H3,(H,28,30)/b27-14-. The number of para-hydroxylation sites is 1. The summed E-state index contributed by atoms with van der Waals surface area (Å²) in [6, 6.07) is 18.3. The van der Waals surface area contributed by atoms with Crippen molar-refractivity contribution >= 4 is 43.8 Å². The predicted molar refractivity (Wildman–Crippen MR) is 136 cm³/mol. The minimum Gasteiger partial charge on any atom is -0.493 e. The number of rotatable bonds is 10. The summed E-state index contributed by atoms with van der Waals surface area (Å²) in [6.07, 6.45) is 2.25. The Bertz CT molecular complexity index is 1320. The van der Waals surface area contributed by atoms with Crippen molar-refractivity contribution in [3.05, 3.63) is 88.1 Å². The topological polar surface area (TPSA) is 97.3 Å². The molecule has 0 aliphatic heterocycles. The molecule has 0 fully saturated rings. The Hall–Kier alpha value is -3.44. The maximum Gasteiger partial charge on any atom is 0.260 e. The highest BCUT2D eigenvalue weighted by molar-refractivity contribution is 9.10. The zero-order chi connectivity index (χ0) is 25.4. The summed E-state index contributed by atoms with van der Waals surface area (Å²) in [5.41, 5.74) is 3.60. The number of sulfonamides is 1. The van der Waals surface area contributed by atoms with Gasteiger partial charge in [0.1, 0.15) is 19.0 Å². The van der Waals surface area contributed by atoms with Crippen LogP contribution in [0.4, 0.5) is 10.1 Å². The molecule has 0 unspecified atom stereocenters. The quantitative estimate of drug-likeness (QED) is 0.296. The van der Waals surface area contributed by atoms with Crippen LogP contribution in [0.15, 0.2) is 76.3 Å². The second-order valence-corrected chi connectivity index (χ2v) is 10.1. The second-order valence-electron chi connectivity index (χ2n) is 7.32. The summed E-state index contributed by atoms with van der Waals surface area (Å²) in [7, 11) is -2.41. The summed E-state index contributed by atoms with van der Waals surface area (Å²) in [4.78, 5) is 12.3. The molecule has 184 valence electrons. The number of ether oxygens (including phenoxy) is 2. The van der Waals surface area contributed by atoms with Crippen LogP contribution in [-0.4, -0.2) is 40.4 Å². The van der Waals surface area contributed by atoms with Gasteiger partial charge < -0.3 is 9.47 Å². The number of nitrogens with zero attached hydrogens (tertiary/aromatic N) is 2. The lowest BCUT2D eigenvalue weighted by atomic mass is 10.2. The van der Waals surface area contributed by atoms with E-state index in [-0.39, 0.29) is 5.69 Å². The molecular weight excluding hydrogens is 541 g/mol. The zero-order valence-corrected chi connectivity index (χ0v) is 21.3. The summed E-state index contributed by atoms with van der Waals surface area (Å²) >= 11 is 3.46. The van der Waals surface area contributed by atoms with Gasteiger partial charge in [-0.1, -0.05) is 42.5 Å². The molecule has 0 aromatic heterocycles. The molecule has 11 heteroatoms. The average molecular weight is 564 g/mol. The molecular formula is C24H23BrFN3O5S. The molecule has 0 radical (unpaired) electrons. The summed E-state index contributed by atoms with van der Waals surface area (Å²) < 4.78 is 50.9. The highest BCUT2D eigenvalue weighted by Crippen LogP contribution is 2.36. The van der Waals surface area contributed by atoms with E-state index in [0.717, 1.165) is 17.9 Å². The molecule has 0 aliphatic rings. The Labute approximate surface area is 211 Å². The number of hydrogen-bond donors (Lipinski definition) is 1. The smallest absolute Gasteiger partial charge is 0.260 e. The first-order valence-electron chi connectivity index (χ1n) is 10.3. The van der Waals surface area contributed by atoms with Crippen molar-refractivity contribution in [2.24, 2.45) is 5.10 Å². The van der Waals surface area contributed by atoms with E-state index in [0.29, 0.717) is 32.4 Å². The zero-order valence-electron chi connectivity index (χ0n) is 18.9. The lowest BCUT2D eigenvalue weighted by molar-refractivity contribution is -0.119. The maximum absolute atomic E-state index is 14.1. The van der Waals surface area contributed by atoms with Crippen molar-refractivity contribution in [1.82, 2.24) is 5.43 Å². The van der Waals surface area contributed by atoms with Gasteiger partial charge in [-0.05, 0) is 51.3 Å². The first kappa shape index (κ1) is 26.2. The van der Waals surface area contributed by atoms with Crippen molar-refractivity contribution < 1.29 is 27.1 Å². The number of hydrogen-bond acceptors (Lipinski definition) is 6. The van der Waals surface area contributed by atoms with E-state index in [9.17, 15) is 17.6 Å². The highest BCUT2D eigenvalue weighted by Gasteiger charge is 2.23.